The standard InChI is InChI=1S/C22H18N2O3S/c1-2-12-24(22-23-18(14-28-22)15-8-4-3-5-9-15)20(25)19-13-16-10-6-7-11-17(16)21(26)27-19/h2-11,14,19H,1,12-13H2/t19-/m0/s1. The van der Waals surface area contributed by atoms with Crippen molar-refractivity contribution in [3.8, 4) is 11.3 Å². The predicted molar refractivity (Wildman–Crippen MR) is 109 cm³/mol. The fraction of sp³-hybridized carbons (Fsp3) is 0.136. The van der Waals surface area contributed by atoms with E-state index >= 15 is 0 Å². The second-order valence-corrected chi connectivity index (χ2v) is 7.21. The van der Waals surface area contributed by atoms with E-state index in [1.807, 2.05) is 47.8 Å². The zero-order valence-corrected chi connectivity index (χ0v) is 15.9. The van der Waals surface area contributed by atoms with Crippen LogP contribution in [0.5, 0.6) is 0 Å². The van der Waals surface area contributed by atoms with Gasteiger partial charge in [0.2, 0.25) is 0 Å². The van der Waals surface area contributed by atoms with Crippen molar-refractivity contribution in [2.24, 2.45) is 0 Å². The molecule has 6 heteroatoms. The Morgan fingerprint density at radius 2 is 1.96 bits per heavy atom. The van der Waals surface area contributed by atoms with E-state index in [-0.39, 0.29) is 12.5 Å². The minimum atomic E-state index is -0.869. The maximum absolute atomic E-state index is 13.2. The summed E-state index contributed by atoms with van der Waals surface area (Å²) in [6.07, 6.45) is 1.12. The number of fused-ring (bicyclic) bond motifs is 1. The zero-order valence-electron chi connectivity index (χ0n) is 15.1. The van der Waals surface area contributed by atoms with Gasteiger partial charge in [-0.15, -0.1) is 17.9 Å². The van der Waals surface area contributed by atoms with Gasteiger partial charge < -0.3 is 4.74 Å². The monoisotopic (exact) mass is 390 g/mol. The third-order valence-corrected chi connectivity index (χ3v) is 5.40. The van der Waals surface area contributed by atoms with E-state index in [0.717, 1.165) is 16.8 Å². The first-order valence-electron chi connectivity index (χ1n) is 8.89. The van der Waals surface area contributed by atoms with Gasteiger partial charge in [0.15, 0.2) is 11.2 Å². The molecule has 0 spiro atoms. The molecule has 0 fully saturated rings. The fourth-order valence-corrected chi connectivity index (χ4v) is 4.01. The Morgan fingerprint density at radius 3 is 2.75 bits per heavy atom. The molecule has 1 aliphatic heterocycles. The van der Waals surface area contributed by atoms with Crippen LogP contribution in [0.1, 0.15) is 15.9 Å². The minimum absolute atomic E-state index is 0.288. The average Bonchev–Trinajstić information content (AvgIpc) is 3.22. The smallest absolute Gasteiger partial charge is 0.339 e. The lowest BCUT2D eigenvalue weighted by Gasteiger charge is -2.28. The van der Waals surface area contributed by atoms with Gasteiger partial charge in [0.1, 0.15) is 0 Å². The Labute approximate surface area is 166 Å². The van der Waals surface area contributed by atoms with Crippen LogP contribution < -0.4 is 4.90 Å². The highest BCUT2D eigenvalue weighted by atomic mass is 32.1. The van der Waals surface area contributed by atoms with E-state index in [9.17, 15) is 9.59 Å². The number of hydrogen-bond acceptors (Lipinski definition) is 5. The highest BCUT2D eigenvalue weighted by Gasteiger charge is 2.34. The summed E-state index contributed by atoms with van der Waals surface area (Å²) in [5, 5.41) is 2.47. The van der Waals surface area contributed by atoms with Crippen molar-refractivity contribution in [1.29, 1.82) is 0 Å². The first kappa shape index (κ1) is 18.1. The number of nitrogens with zero attached hydrogens (tertiary/aromatic N) is 2. The molecule has 0 saturated heterocycles. The molecule has 0 radical (unpaired) electrons. The Kier molecular flexibility index (Phi) is 5.04. The lowest BCUT2D eigenvalue weighted by atomic mass is 9.98. The zero-order chi connectivity index (χ0) is 19.5. The van der Waals surface area contributed by atoms with Gasteiger partial charge in [-0.25, -0.2) is 9.78 Å². The van der Waals surface area contributed by atoms with Gasteiger partial charge in [-0.2, -0.15) is 0 Å². The number of aromatic nitrogens is 1. The van der Waals surface area contributed by atoms with Crippen molar-refractivity contribution in [1.82, 2.24) is 4.98 Å². The lowest BCUT2D eigenvalue weighted by molar-refractivity contribution is -0.127. The fourth-order valence-electron chi connectivity index (χ4n) is 3.16. The van der Waals surface area contributed by atoms with Crippen molar-refractivity contribution in [2.45, 2.75) is 12.5 Å². The largest absolute Gasteiger partial charge is 0.448 e. The molecule has 0 N–H and O–H groups in total. The quantitative estimate of drug-likeness (QED) is 0.486. The number of carbonyl (C=O) groups excluding carboxylic acids is 2. The van der Waals surface area contributed by atoms with Crippen molar-refractivity contribution in [3.05, 3.63) is 83.8 Å². The van der Waals surface area contributed by atoms with Gasteiger partial charge in [0.25, 0.3) is 5.91 Å². The van der Waals surface area contributed by atoms with E-state index in [1.165, 1.54) is 16.2 Å². The second-order valence-electron chi connectivity index (χ2n) is 6.37. The minimum Gasteiger partial charge on any atom is -0.448 e. The molecule has 0 bridgehead atoms. The molecular weight excluding hydrogens is 372 g/mol. The van der Waals surface area contributed by atoms with Gasteiger partial charge >= 0.3 is 5.97 Å². The van der Waals surface area contributed by atoms with E-state index in [4.69, 9.17) is 4.74 Å². The van der Waals surface area contributed by atoms with Crippen molar-refractivity contribution in [2.75, 3.05) is 11.4 Å². The first-order chi connectivity index (χ1) is 13.7. The molecule has 4 rings (SSSR count). The number of rotatable bonds is 5. The highest BCUT2D eigenvalue weighted by Crippen LogP contribution is 2.29. The summed E-state index contributed by atoms with van der Waals surface area (Å²) in [6, 6.07) is 17.0. The Balaban J connectivity index is 1.60. The number of thiazole rings is 1. The van der Waals surface area contributed by atoms with E-state index < -0.39 is 12.1 Å². The molecule has 140 valence electrons. The highest BCUT2D eigenvalue weighted by molar-refractivity contribution is 7.14. The van der Waals surface area contributed by atoms with Gasteiger partial charge in [-0.3, -0.25) is 9.69 Å². The molecule has 1 amide bonds. The second kappa shape index (κ2) is 7.78. The molecule has 28 heavy (non-hydrogen) atoms. The van der Waals surface area contributed by atoms with Gasteiger partial charge in [0, 0.05) is 23.9 Å². The maximum Gasteiger partial charge on any atom is 0.339 e. The molecular formula is C22H18N2O3S. The van der Waals surface area contributed by atoms with E-state index in [0.29, 0.717) is 17.1 Å². The molecule has 0 unspecified atom stereocenters. The Morgan fingerprint density at radius 1 is 1.21 bits per heavy atom. The number of benzene rings is 2. The molecule has 1 aromatic heterocycles. The normalized spacial score (nSPS) is 15.4. The number of carbonyl (C=O) groups is 2. The van der Waals surface area contributed by atoms with Crippen LogP contribution in [0.15, 0.2) is 72.6 Å². The van der Waals surface area contributed by atoms with Crippen LogP contribution in [0, 0.1) is 0 Å². The number of hydrogen-bond donors (Lipinski definition) is 0. The van der Waals surface area contributed by atoms with Crippen LogP contribution in [0.4, 0.5) is 5.13 Å². The molecule has 2 heterocycles. The van der Waals surface area contributed by atoms with Crippen molar-refractivity contribution in [3.63, 3.8) is 0 Å². The Bertz CT molecular complexity index is 1030. The Hall–Kier alpha value is -3.25. The molecule has 0 saturated carbocycles. The van der Waals surface area contributed by atoms with E-state index in [2.05, 4.69) is 11.6 Å². The average molecular weight is 390 g/mol. The summed E-state index contributed by atoms with van der Waals surface area (Å²) < 4.78 is 5.43. The van der Waals surface area contributed by atoms with Crippen LogP contribution in [-0.2, 0) is 16.0 Å². The summed E-state index contributed by atoms with van der Waals surface area (Å²) in [5.41, 5.74) is 3.12. The molecule has 3 aromatic rings. The first-order valence-corrected chi connectivity index (χ1v) is 9.77. The summed E-state index contributed by atoms with van der Waals surface area (Å²) >= 11 is 1.38. The number of ether oxygens (including phenoxy) is 1. The third-order valence-electron chi connectivity index (χ3n) is 4.54. The van der Waals surface area contributed by atoms with Crippen molar-refractivity contribution < 1.29 is 14.3 Å². The predicted octanol–water partition coefficient (Wildman–Crippen LogP) is 4.11. The number of cyclic esters (lactones) is 1. The number of esters is 1. The lowest BCUT2D eigenvalue weighted by Crippen LogP contribution is -2.44. The molecule has 0 aliphatic carbocycles. The van der Waals surface area contributed by atoms with Gasteiger partial charge in [0.05, 0.1) is 11.3 Å². The van der Waals surface area contributed by atoms with Crippen LogP contribution in [0.25, 0.3) is 11.3 Å². The molecule has 2 aromatic carbocycles. The topological polar surface area (TPSA) is 59.5 Å². The number of amides is 1. The molecule has 1 atom stereocenters. The summed E-state index contributed by atoms with van der Waals surface area (Å²) in [6.45, 7) is 4.03. The van der Waals surface area contributed by atoms with Crippen LogP contribution in [0.2, 0.25) is 0 Å². The summed E-state index contributed by atoms with van der Waals surface area (Å²) in [5.74, 6) is -0.764. The maximum atomic E-state index is 13.2. The summed E-state index contributed by atoms with van der Waals surface area (Å²) in [4.78, 5) is 31.6. The molecule has 1 aliphatic rings. The third kappa shape index (κ3) is 3.46. The number of anilines is 1. The van der Waals surface area contributed by atoms with Crippen LogP contribution >= 0.6 is 11.3 Å². The van der Waals surface area contributed by atoms with Crippen LogP contribution in [0.3, 0.4) is 0 Å². The van der Waals surface area contributed by atoms with Crippen molar-refractivity contribution >= 4 is 28.3 Å². The van der Waals surface area contributed by atoms with Gasteiger partial charge in [-0.1, -0.05) is 54.6 Å². The van der Waals surface area contributed by atoms with Gasteiger partial charge in [-0.05, 0) is 11.6 Å². The summed E-state index contributed by atoms with van der Waals surface area (Å²) in [7, 11) is 0. The van der Waals surface area contributed by atoms with Crippen LogP contribution in [-0.4, -0.2) is 29.5 Å². The molecule has 5 nitrogen and oxygen atoms in total. The van der Waals surface area contributed by atoms with E-state index in [1.54, 1.807) is 18.2 Å². The SMILES string of the molecule is C=CCN(C(=O)[C@@H]1Cc2ccccc2C(=O)O1)c1nc(-c2ccccc2)cs1.